The van der Waals surface area contributed by atoms with Crippen molar-refractivity contribution in [1.82, 2.24) is 0 Å². The summed E-state index contributed by atoms with van der Waals surface area (Å²) in [6, 6.07) is 30.4. The van der Waals surface area contributed by atoms with Gasteiger partial charge in [0.1, 0.15) is 28.2 Å². The van der Waals surface area contributed by atoms with Gasteiger partial charge in [-0.15, -0.1) is 0 Å². The average Bonchev–Trinajstić information content (AvgIpc) is 3.04. The van der Waals surface area contributed by atoms with Crippen LogP contribution >= 0.6 is 0 Å². The van der Waals surface area contributed by atoms with E-state index in [9.17, 15) is 0 Å². The zero-order chi connectivity index (χ0) is 39.1. The predicted molar refractivity (Wildman–Crippen MR) is 220 cm³/mol. The summed E-state index contributed by atoms with van der Waals surface area (Å²) in [5.41, 5.74) is 9.07. The van der Waals surface area contributed by atoms with Crippen molar-refractivity contribution in [3.8, 4) is 0 Å². The highest BCUT2D eigenvalue weighted by molar-refractivity contribution is 5.77. The van der Waals surface area contributed by atoms with Gasteiger partial charge in [0.2, 0.25) is 11.0 Å². The summed E-state index contributed by atoms with van der Waals surface area (Å²) in [7, 11) is 8.28. The lowest BCUT2D eigenvalue weighted by atomic mass is 9.86. The van der Waals surface area contributed by atoms with Crippen LogP contribution in [0.3, 0.4) is 0 Å². The Morgan fingerprint density at radius 2 is 0.827 bits per heavy atom. The third kappa shape index (κ3) is 12.4. The number of rotatable bonds is 0. The first-order valence-electron chi connectivity index (χ1n) is 18.7. The molecule has 0 radical (unpaired) electrons. The Morgan fingerprint density at radius 1 is 0.346 bits per heavy atom. The molecule has 4 heteroatoms. The van der Waals surface area contributed by atoms with Crippen molar-refractivity contribution in [2.75, 3.05) is 0 Å². The van der Waals surface area contributed by atoms with Crippen molar-refractivity contribution in [3.63, 3.8) is 0 Å². The lowest BCUT2D eigenvalue weighted by molar-refractivity contribution is -0.672. The first-order chi connectivity index (χ1) is 24.0. The molecule has 6 rings (SSSR count). The monoisotopic (exact) mass is 701 g/mol. The highest BCUT2D eigenvalue weighted by Gasteiger charge is 2.19. The largest absolute Gasteiger partial charge is 0.212 e. The summed E-state index contributed by atoms with van der Waals surface area (Å²) in [6.45, 7) is 26.8. The van der Waals surface area contributed by atoms with Crippen LogP contribution in [0, 0.1) is 0 Å². The lowest BCUT2D eigenvalue weighted by Gasteiger charge is -2.18. The second kappa shape index (κ2) is 16.9. The molecule has 4 nitrogen and oxygen atoms in total. The van der Waals surface area contributed by atoms with Gasteiger partial charge in [-0.3, -0.25) is 0 Å². The molecule has 0 amide bonds. The van der Waals surface area contributed by atoms with E-state index in [4.69, 9.17) is 0 Å². The zero-order valence-electron chi connectivity index (χ0n) is 35.3. The summed E-state index contributed by atoms with van der Waals surface area (Å²) >= 11 is 0. The smallest absolute Gasteiger partial charge is 0.208 e. The maximum atomic E-state index is 2.29. The number of para-hydroxylation sites is 1. The second-order valence-electron chi connectivity index (χ2n) is 18.3. The average molecular weight is 701 g/mol. The number of aryl methyl sites for hydroxylation is 4. The van der Waals surface area contributed by atoms with Crippen LogP contribution in [-0.4, -0.2) is 0 Å². The molecule has 52 heavy (non-hydrogen) atoms. The third-order valence-electron chi connectivity index (χ3n) is 9.34. The van der Waals surface area contributed by atoms with Crippen molar-refractivity contribution >= 4 is 21.8 Å². The Morgan fingerprint density at radius 3 is 1.35 bits per heavy atom. The van der Waals surface area contributed by atoms with Crippen molar-refractivity contribution in [1.29, 1.82) is 0 Å². The van der Waals surface area contributed by atoms with E-state index in [1.807, 2.05) is 7.05 Å². The van der Waals surface area contributed by atoms with E-state index in [1.54, 1.807) is 0 Å². The van der Waals surface area contributed by atoms with Gasteiger partial charge < -0.3 is 0 Å². The summed E-state index contributed by atoms with van der Waals surface area (Å²) in [5, 5.41) is 2.62. The Labute approximate surface area is 316 Å². The van der Waals surface area contributed by atoms with Crippen LogP contribution in [0.5, 0.6) is 0 Å². The van der Waals surface area contributed by atoms with Crippen LogP contribution in [0.1, 0.15) is 105 Å². The highest BCUT2D eigenvalue weighted by atomic mass is 14.9. The van der Waals surface area contributed by atoms with Crippen LogP contribution < -0.4 is 18.3 Å². The van der Waals surface area contributed by atoms with Gasteiger partial charge >= 0.3 is 0 Å². The van der Waals surface area contributed by atoms with Gasteiger partial charge in [0.05, 0.1) is 0 Å². The normalized spacial score (nSPS) is 11.8. The minimum absolute atomic E-state index is 0.210. The molecule has 0 saturated carbocycles. The van der Waals surface area contributed by atoms with Crippen molar-refractivity contribution < 1.29 is 18.3 Å². The molecule has 0 fully saturated rings. The maximum absolute atomic E-state index is 2.29. The van der Waals surface area contributed by atoms with Gasteiger partial charge in [0.25, 0.3) is 0 Å². The number of aromatic nitrogens is 4. The molecule has 276 valence electrons. The van der Waals surface area contributed by atoms with E-state index in [0.717, 1.165) is 0 Å². The summed E-state index contributed by atoms with van der Waals surface area (Å²) in [6.07, 6.45) is 12.7. The Bertz CT molecular complexity index is 2030. The van der Waals surface area contributed by atoms with Crippen LogP contribution in [0.25, 0.3) is 21.8 Å². The van der Waals surface area contributed by atoms with Gasteiger partial charge in [-0.05, 0) is 63.1 Å². The van der Waals surface area contributed by atoms with Crippen molar-refractivity contribution in [3.05, 3.63) is 144 Å². The fourth-order valence-corrected chi connectivity index (χ4v) is 5.69. The van der Waals surface area contributed by atoms with Crippen LogP contribution in [-0.2, 0) is 49.9 Å². The molecule has 0 saturated heterocycles. The quantitative estimate of drug-likeness (QED) is 0.140. The molecule has 6 aromatic rings. The first-order valence-corrected chi connectivity index (χ1v) is 18.7. The third-order valence-corrected chi connectivity index (χ3v) is 9.34. The molecule has 0 aliphatic rings. The van der Waals surface area contributed by atoms with Crippen molar-refractivity contribution in [2.24, 2.45) is 28.2 Å². The molecular formula is C48H68N4+4. The molecular weight excluding hydrogens is 633 g/mol. The van der Waals surface area contributed by atoms with E-state index in [0.29, 0.717) is 0 Å². The predicted octanol–water partition coefficient (Wildman–Crippen LogP) is 9.54. The number of benzene rings is 2. The molecule has 4 heterocycles. The Balaban J connectivity index is 0.000000189. The maximum Gasteiger partial charge on any atom is 0.212 e. The SMILES string of the molecule is C[n+]1cc(C(C)(C)C)cc2ccccc21.C[n+]1ccc(C(C)(C)C)cc1.C[n+]1cccc(C(C)(C)C)c1.C[n+]1cccc2cc(C(C)(C)C)ccc21. The van der Waals surface area contributed by atoms with Crippen LogP contribution in [0.2, 0.25) is 0 Å². The number of fused-ring (bicyclic) bond motifs is 2. The van der Waals surface area contributed by atoms with Gasteiger partial charge in [-0.1, -0.05) is 101 Å². The van der Waals surface area contributed by atoms with Crippen LogP contribution in [0.4, 0.5) is 0 Å². The fourth-order valence-electron chi connectivity index (χ4n) is 5.69. The van der Waals surface area contributed by atoms with Gasteiger partial charge in [-0.25, -0.2) is 18.3 Å². The molecule has 0 bridgehead atoms. The number of hydrogen-bond donors (Lipinski definition) is 0. The summed E-state index contributed by atoms with van der Waals surface area (Å²) < 4.78 is 8.49. The number of nitrogens with zero attached hydrogens (tertiary/aromatic N) is 4. The second-order valence-corrected chi connectivity index (χ2v) is 18.3. The lowest BCUT2D eigenvalue weighted by Crippen LogP contribution is -2.31. The number of hydrogen-bond acceptors (Lipinski definition) is 0. The summed E-state index contributed by atoms with van der Waals surface area (Å²) in [4.78, 5) is 0. The number of pyridine rings is 4. The molecule has 0 atom stereocenters. The molecule has 2 aromatic carbocycles. The molecule has 0 N–H and O–H groups in total. The topological polar surface area (TPSA) is 15.5 Å². The molecule has 0 unspecified atom stereocenters. The standard InChI is InChI=1S/2C14H18N.2C10H16N/c1-14(2,3)12-7-8-13-11(10-12)6-5-9-15(13)4;1-14(2,3)12-9-11-7-5-6-8-13(11)15(4)10-12;1-10(2,3)9-5-7-11(4)8-6-9;1-10(2,3)9-6-5-7-11(4)8-9/h2*5-10H,1-4H3;2*5-8H,1-4H3/q4*+1. The Hall–Kier alpha value is -4.44. The van der Waals surface area contributed by atoms with E-state index < -0.39 is 0 Å². The first kappa shape index (κ1) is 42.0. The minimum atomic E-state index is 0.210. The van der Waals surface area contributed by atoms with Crippen molar-refractivity contribution in [2.45, 2.75) is 105 Å². The fraction of sp³-hybridized carbons (Fsp3) is 0.417. The molecule has 0 aliphatic carbocycles. The highest BCUT2D eigenvalue weighted by Crippen LogP contribution is 2.25. The van der Waals surface area contributed by atoms with E-state index >= 15 is 0 Å². The van der Waals surface area contributed by atoms with Gasteiger partial charge in [0, 0.05) is 58.3 Å². The molecule has 0 spiro atoms. The van der Waals surface area contributed by atoms with E-state index in [2.05, 4.69) is 245 Å². The van der Waals surface area contributed by atoms with Gasteiger partial charge in [-0.2, -0.15) is 0 Å². The Kier molecular flexibility index (Phi) is 13.7. The molecule has 4 aromatic heterocycles. The van der Waals surface area contributed by atoms with E-state index in [-0.39, 0.29) is 21.7 Å². The van der Waals surface area contributed by atoms with Gasteiger partial charge in [0.15, 0.2) is 37.2 Å². The van der Waals surface area contributed by atoms with E-state index in [1.165, 1.54) is 44.1 Å². The molecule has 0 aliphatic heterocycles. The zero-order valence-corrected chi connectivity index (χ0v) is 35.3. The summed E-state index contributed by atoms with van der Waals surface area (Å²) in [5.74, 6) is 0. The van der Waals surface area contributed by atoms with Crippen LogP contribution in [0.15, 0.2) is 122 Å². The minimum Gasteiger partial charge on any atom is -0.208 e.